The number of aliphatic hydroxyl groups excluding tert-OH is 1. The zero-order valence-electron chi connectivity index (χ0n) is 13.2. The average molecular weight is 309 g/mol. The Kier molecular flexibility index (Phi) is 4.82. The maximum absolute atomic E-state index is 9.61. The summed E-state index contributed by atoms with van der Waals surface area (Å²) in [5, 5.41) is 10.7. The highest BCUT2D eigenvalue weighted by Crippen LogP contribution is 2.34. The number of piperidine rings is 1. The van der Waals surface area contributed by atoms with E-state index >= 15 is 0 Å². The van der Waals surface area contributed by atoms with E-state index in [0.717, 1.165) is 41.8 Å². The smallest absolute Gasteiger partial charge is 0.185 e. The van der Waals surface area contributed by atoms with Crippen LogP contribution < -0.4 is 4.90 Å². The van der Waals surface area contributed by atoms with Gasteiger partial charge in [-0.15, -0.1) is 0 Å². The van der Waals surface area contributed by atoms with E-state index in [1.807, 2.05) is 0 Å². The Labute approximate surface area is 131 Å². The van der Waals surface area contributed by atoms with Crippen molar-refractivity contribution in [1.82, 2.24) is 9.88 Å². The summed E-state index contributed by atoms with van der Waals surface area (Å²) in [6.07, 6.45) is 5.13. The van der Waals surface area contributed by atoms with Gasteiger partial charge in [0.15, 0.2) is 5.13 Å². The lowest BCUT2D eigenvalue weighted by Crippen LogP contribution is -2.54. The monoisotopic (exact) mass is 309 g/mol. The number of nitrogens with zero attached hydrogens (tertiary/aromatic N) is 3. The molecule has 118 valence electrons. The second-order valence-electron chi connectivity index (χ2n) is 6.40. The van der Waals surface area contributed by atoms with Gasteiger partial charge in [0.2, 0.25) is 0 Å². The Bertz CT molecular complexity index is 476. The van der Waals surface area contributed by atoms with Gasteiger partial charge in [0.1, 0.15) is 0 Å². The van der Waals surface area contributed by atoms with Crippen LogP contribution in [0.15, 0.2) is 0 Å². The van der Waals surface area contributed by atoms with Gasteiger partial charge in [0, 0.05) is 25.7 Å². The molecule has 1 aromatic rings. The van der Waals surface area contributed by atoms with Gasteiger partial charge in [-0.1, -0.05) is 31.6 Å². The number of aliphatic hydroxyl groups is 1. The number of piperazine rings is 1. The minimum atomic E-state index is 0.126. The van der Waals surface area contributed by atoms with Crippen LogP contribution in [0.3, 0.4) is 0 Å². The van der Waals surface area contributed by atoms with Crippen molar-refractivity contribution in [2.24, 2.45) is 0 Å². The molecule has 0 radical (unpaired) electrons. The summed E-state index contributed by atoms with van der Waals surface area (Å²) in [5.41, 5.74) is 1.12. The Hall–Kier alpha value is -0.650. The molecule has 2 aliphatic heterocycles. The first-order valence-electron chi connectivity index (χ1n) is 8.32. The molecule has 2 atom stereocenters. The van der Waals surface area contributed by atoms with Crippen molar-refractivity contribution in [2.75, 3.05) is 31.1 Å². The normalized spacial score (nSPS) is 24.9. The van der Waals surface area contributed by atoms with Crippen LogP contribution in [0.2, 0.25) is 0 Å². The number of aromatic nitrogens is 1. The fourth-order valence-corrected chi connectivity index (χ4v) is 4.58. The van der Waals surface area contributed by atoms with Crippen LogP contribution in [0.5, 0.6) is 0 Å². The highest BCUT2D eigenvalue weighted by Gasteiger charge is 2.30. The van der Waals surface area contributed by atoms with E-state index < -0.39 is 0 Å². The van der Waals surface area contributed by atoms with Crippen LogP contribution in [-0.4, -0.2) is 47.2 Å². The second-order valence-corrected chi connectivity index (χ2v) is 7.47. The van der Waals surface area contributed by atoms with Crippen molar-refractivity contribution in [3.8, 4) is 0 Å². The van der Waals surface area contributed by atoms with Crippen molar-refractivity contribution in [3.63, 3.8) is 0 Å². The molecule has 2 fully saturated rings. The lowest BCUT2D eigenvalue weighted by Gasteiger charge is -2.44. The van der Waals surface area contributed by atoms with E-state index in [-0.39, 0.29) is 6.61 Å². The fourth-order valence-electron chi connectivity index (χ4n) is 3.51. The summed E-state index contributed by atoms with van der Waals surface area (Å²) in [5.74, 6) is 0.438. The molecule has 3 rings (SSSR count). The Balaban J connectivity index is 1.76. The standard InChI is InChI=1S/C16H27N3OS/c1-3-12(2)15-14(11-20)21-16(17-15)19-9-8-18-7-5-4-6-13(18)10-19/h12-13,20H,3-11H2,1-2H3. The number of fused-ring (bicyclic) bond motifs is 1. The van der Waals surface area contributed by atoms with Crippen molar-refractivity contribution in [3.05, 3.63) is 10.6 Å². The third-order valence-electron chi connectivity index (χ3n) is 5.05. The van der Waals surface area contributed by atoms with Gasteiger partial charge >= 0.3 is 0 Å². The lowest BCUT2D eigenvalue weighted by molar-refractivity contribution is 0.133. The molecule has 3 heterocycles. The van der Waals surface area contributed by atoms with E-state index in [1.54, 1.807) is 11.3 Å². The summed E-state index contributed by atoms with van der Waals surface area (Å²) in [6, 6.07) is 0.709. The fraction of sp³-hybridized carbons (Fsp3) is 0.812. The third-order valence-corrected chi connectivity index (χ3v) is 6.16. The van der Waals surface area contributed by atoms with Crippen LogP contribution in [0.4, 0.5) is 5.13 Å². The van der Waals surface area contributed by atoms with Crippen molar-refractivity contribution in [1.29, 1.82) is 0 Å². The molecule has 0 amide bonds. The molecule has 0 bridgehead atoms. The summed E-state index contributed by atoms with van der Waals surface area (Å²) < 4.78 is 0. The first-order chi connectivity index (χ1) is 10.2. The summed E-state index contributed by atoms with van der Waals surface area (Å²) in [4.78, 5) is 11.0. The van der Waals surface area contributed by atoms with E-state index in [2.05, 4.69) is 23.6 Å². The molecule has 2 aliphatic rings. The summed E-state index contributed by atoms with van der Waals surface area (Å²) >= 11 is 1.70. The summed E-state index contributed by atoms with van der Waals surface area (Å²) in [6.45, 7) is 9.14. The van der Waals surface area contributed by atoms with Gasteiger partial charge in [-0.3, -0.25) is 4.90 Å². The lowest BCUT2D eigenvalue weighted by atomic mass is 10.00. The molecule has 1 aromatic heterocycles. The minimum Gasteiger partial charge on any atom is -0.391 e. The number of anilines is 1. The third kappa shape index (κ3) is 3.10. The number of hydrogen-bond acceptors (Lipinski definition) is 5. The van der Waals surface area contributed by atoms with Gasteiger partial charge in [-0.2, -0.15) is 0 Å². The minimum absolute atomic E-state index is 0.126. The Morgan fingerprint density at radius 1 is 1.33 bits per heavy atom. The molecule has 0 aliphatic carbocycles. The van der Waals surface area contributed by atoms with Gasteiger partial charge in [-0.25, -0.2) is 4.98 Å². The van der Waals surface area contributed by atoms with Gasteiger partial charge < -0.3 is 10.0 Å². The van der Waals surface area contributed by atoms with Crippen LogP contribution in [-0.2, 0) is 6.61 Å². The molecule has 0 aromatic carbocycles. The second kappa shape index (κ2) is 6.63. The average Bonchev–Trinajstić information content (AvgIpc) is 2.98. The quantitative estimate of drug-likeness (QED) is 0.928. The molecule has 4 nitrogen and oxygen atoms in total. The Morgan fingerprint density at radius 3 is 2.95 bits per heavy atom. The van der Waals surface area contributed by atoms with Gasteiger partial charge in [-0.05, 0) is 31.7 Å². The number of thiazole rings is 1. The molecular weight excluding hydrogens is 282 g/mol. The molecule has 21 heavy (non-hydrogen) atoms. The van der Waals surface area contributed by atoms with Crippen molar-refractivity contribution in [2.45, 2.75) is 58.1 Å². The first kappa shape index (κ1) is 15.3. The maximum atomic E-state index is 9.61. The van der Waals surface area contributed by atoms with E-state index in [0.29, 0.717) is 12.0 Å². The van der Waals surface area contributed by atoms with Crippen molar-refractivity contribution < 1.29 is 5.11 Å². The maximum Gasteiger partial charge on any atom is 0.185 e. The molecule has 2 saturated heterocycles. The van der Waals surface area contributed by atoms with E-state index in [4.69, 9.17) is 4.98 Å². The number of hydrogen-bond donors (Lipinski definition) is 1. The molecule has 2 unspecified atom stereocenters. The topological polar surface area (TPSA) is 39.6 Å². The van der Waals surface area contributed by atoms with Gasteiger partial charge in [0.25, 0.3) is 0 Å². The molecule has 1 N–H and O–H groups in total. The van der Waals surface area contributed by atoms with Crippen LogP contribution >= 0.6 is 11.3 Å². The predicted molar refractivity (Wildman–Crippen MR) is 88.2 cm³/mol. The van der Waals surface area contributed by atoms with Crippen LogP contribution in [0, 0.1) is 0 Å². The highest BCUT2D eigenvalue weighted by molar-refractivity contribution is 7.15. The largest absolute Gasteiger partial charge is 0.391 e. The van der Waals surface area contributed by atoms with Crippen molar-refractivity contribution >= 4 is 16.5 Å². The van der Waals surface area contributed by atoms with Gasteiger partial charge in [0.05, 0.1) is 17.2 Å². The molecule has 0 saturated carbocycles. The highest BCUT2D eigenvalue weighted by atomic mass is 32.1. The Morgan fingerprint density at radius 2 is 2.19 bits per heavy atom. The van der Waals surface area contributed by atoms with Crippen LogP contribution in [0.25, 0.3) is 0 Å². The van der Waals surface area contributed by atoms with E-state index in [1.165, 1.54) is 25.8 Å². The zero-order chi connectivity index (χ0) is 14.8. The van der Waals surface area contributed by atoms with Crippen LogP contribution in [0.1, 0.15) is 56.0 Å². The van der Waals surface area contributed by atoms with E-state index in [9.17, 15) is 5.11 Å². The summed E-state index contributed by atoms with van der Waals surface area (Å²) in [7, 11) is 0. The molecular formula is C16H27N3OS. The zero-order valence-corrected chi connectivity index (χ0v) is 14.0. The molecule has 5 heteroatoms. The predicted octanol–water partition coefficient (Wildman–Crippen LogP) is 2.82. The SMILES string of the molecule is CCC(C)c1nc(N2CCN3CCCCC3C2)sc1CO. The first-order valence-corrected chi connectivity index (χ1v) is 9.14. The molecule has 0 spiro atoms. The number of rotatable bonds is 4.